The number of benzene rings is 1. The first kappa shape index (κ1) is 8.68. The van der Waals surface area contributed by atoms with Gasteiger partial charge in [-0.2, -0.15) is 0 Å². The van der Waals surface area contributed by atoms with Gasteiger partial charge in [-0.25, -0.2) is 8.78 Å². The lowest BCUT2D eigenvalue weighted by molar-refractivity contribution is 0.0976. The molecule has 1 aromatic heterocycles. The van der Waals surface area contributed by atoms with E-state index in [2.05, 4.69) is 0 Å². The van der Waals surface area contributed by atoms with Crippen LogP contribution in [0.15, 0.2) is 22.6 Å². The second-order valence-electron chi connectivity index (χ2n) is 2.78. The molecule has 0 aliphatic heterocycles. The van der Waals surface area contributed by atoms with Crippen molar-refractivity contribution in [3.8, 4) is 0 Å². The van der Waals surface area contributed by atoms with Gasteiger partial charge in [0, 0.05) is 11.5 Å². The Morgan fingerprint density at radius 3 is 2.64 bits per heavy atom. The van der Waals surface area contributed by atoms with Gasteiger partial charge in [0.25, 0.3) is 5.91 Å². The highest BCUT2D eigenvalue weighted by molar-refractivity contribution is 5.95. The van der Waals surface area contributed by atoms with Gasteiger partial charge in [-0.1, -0.05) is 0 Å². The molecule has 0 fully saturated rings. The molecule has 1 aromatic carbocycles. The highest BCUT2D eigenvalue weighted by Gasteiger charge is 2.13. The third-order valence-electron chi connectivity index (χ3n) is 1.78. The third kappa shape index (κ3) is 1.22. The molecule has 0 spiro atoms. The summed E-state index contributed by atoms with van der Waals surface area (Å²) in [6.07, 6.45) is 0. The molecule has 1 amide bonds. The highest BCUT2D eigenvalue weighted by atomic mass is 19.1. The molecule has 5 heteroatoms. The third-order valence-corrected chi connectivity index (χ3v) is 1.78. The van der Waals surface area contributed by atoms with E-state index in [1.807, 2.05) is 0 Å². The van der Waals surface area contributed by atoms with Crippen LogP contribution >= 0.6 is 0 Å². The summed E-state index contributed by atoms with van der Waals surface area (Å²) in [5.41, 5.74) is 4.75. The Labute approximate surface area is 77.1 Å². The molecule has 2 aromatic rings. The molecule has 0 unspecified atom stereocenters. The van der Waals surface area contributed by atoms with E-state index < -0.39 is 17.5 Å². The van der Waals surface area contributed by atoms with E-state index in [1.165, 1.54) is 6.07 Å². The summed E-state index contributed by atoms with van der Waals surface area (Å²) < 4.78 is 30.5. The lowest BCUT2D eigenvalue weighted by Gasteiger charge is -1.90. The maximum absolute atomic E-state index is 13.0. The molecule has 0 aliphatic carbocycles. The van der Waals surface area contributed by atoms with Crippen molar-refractivity contribution in [1.82, 2.24) is 0 Å². The van der Waals surface area contributed by atoms with E-state index in [0.717, 1.165) is 6.07 Å². The van der Waals surface area contributed by atoms with Crippen molar-refractivity contribution >= 4 is 16.9 Å². The standard InChI is InChI=1S/C9H5F2NO2/c10-5-1-4-2-7(9(12)13)14-8(4)6(11)3-5/h1-3H,(H2,12,13). The van der Waals surface area contributed by atoms with E-state index in [1.54, 1.807) is 0 Å². The molecule has 3 nitrogen and oxygen atoms in total. The second kappa shape index (κ2) is 2.80. The van der Waals surface area contributed by atoms with Crippen LogP contribution in [0, 0.1) is 11.6 Å². The molecule has 0 saturated heterocycles. The van der Waals surface area contributed by atoms with E-state index in [-0.39, 0.29) is 16.7 Å². The van der Waals surface area contributed by atoms with Gasteiger partial charge in [0.2, 0.25) is 0 Å². The molecular weight excluding hydrogens is 192 g/mol. The minimum Gasteiger partial charge on any atom is -0.448 e. The summed E-state index contributed by atoms with van der Waals surface area (Å²) in [5.74, 6) is -2.59. The molecule has 0 bridgehead atoms. The quantitative estimate of drug-likeness (QED) is 0.757. The van der Waals surface area contributed by atoms with Crippen molar-refractivity contribution in [3.05, 3.63) is 35.6 Å². The predicted octanol–water partition coefficient (Wildman–Crippen LogP) is 1.81. The summed E-state index contributed by atoms with van der Waals surface area (Å²) in [5, 5.41) is 0.177. The fraction of sp³-hybridized carbons (Fsp3) is 0. The number of primary amides is 1. The molecule has 1 heterocycles. The zero-order valence-corrected chi connectivity index (χ0v) is 6.88. The van der Waals surface area contributed by atoms with Crippen molar-refractivity contribution in [2.24, 2.45) is 5.73 Å². The van der Waals surface area contributed by atoms with Crippen LogP contribution in [-0.2, 0) is 0 Å². The van der Waals surface area contributed by atoms with Gasteiger partial charge in [-0.05, 0) is 12.1 Å². The number of nitrogens with two attached hydrogens (primary N) is 1. The van der Waals surface area contributed by atoms with E-state index >= 15 is 0 Å². The lowest BCUT2D eigenvalue weighted by Crippen LogP contribution is -2.08. The van der Waals surface area contributed by atoms with Crippen LogP contribution < -0.4 is 5.73 Å². The molecule has 0 atom stereocenters. The Morgan fingerprint density at radius 1 is 1.29 bits per heavy atom. The molecule has 2 rings (SSSR count). The van der Waals surface area contributed by atoms with Crippen molar-refractivity contribution in [3.63, 3.8) is 0 Å². The topological polar surface area (TPSA) is 56.2 Å². The molecule has 14 heavy (non-hydrogen) atoms. The first-order valence-electron chi connectivity index (χ1n) is 3.76. The van der Waals surface area contributed by atoms with Gasteiger partial charge >= 0.3 is 0 Å². The van der Waals surface area contributed by atoms with Crippen LogP contribution in [0.25, 0.3) is 11.0 Å². The SMILES string of the molecule is NC(=O)c1cc2cc(F)cc(F)c2o1. The number of rotatable bonds is 1. The number of carbonyl (C=O) groups excluding carboxylic acids is 1. The fourth-order valence-electron chi connectivity index (χ4n) is 1.20. The minimum atomic E-state index is -0.854. The Kier molecular flexibility index (Phi) is 1.73. The molecule has 0 saturated carbocycles. The van der Waals surface area contributed by atoms with Crippen LogP contribution in [0.3, 0.4) is 0 Å². The first-order chi connectivity index (χ1) is 6.58. The molecule has 2 N–H and O–H groups in total. The van der Waals surface area contributed by atoms with Crippen LogP contribution in [0.2, 0.25) is 0 Å². The van der Waals surface area contributed by atoms with Crippen LogP contribution in [0.4, 0.5) is 8.78 Å². The zero-order valence-electron chi connectivity index (χ0n) is 6.88. The van der Waals surface area contributed by atoms with Crippen molar-refractivity contribution in [2.45, 2.75) is 0 Å². The van der Waals surface area contributed by atoms with Gasteiger partial charge < -0.3 is 10.2 Å². The Hall–Kier alpha value is -1.91. The normalized spacial score (nSPS) is 10.7. The second-order valence-corrected chi connectivity index (χ2v) is 2.78. The van der Waals surface area contributed by atoms with Crippen molar-refractivity contribution < 1.29 is 18.0 Å². The highest BCUT2D eigenvalue weighted by Crippen LogP contribution is 2.23. The molecule has 72 valence electrons. The summed E-state index contributed by atoms with van der Waals surface area (Å²) in [7, 11) is 0. The number of hydrogen-bond acceptors (Lipinski definition) is 2. The summed E-state index contributed by atoms with van der Waals surface area (Å²) in [6, 6.07) is 2.94. The fourth-order valence-corrected chi connectivity index (χ4v) is 1.20. The Balaban J connectivity index is 2.76. The van der Waals surface area contributed by atoms with Gasteiger partial charge in [0.1, 0.15) is 5.82 Å². The lowest BCUT2D eigenvalue weighted by atomic mass is 10.2. The Morgan fingerprint density at radius 2 is 2.00 bits per heavy atom. The van der Waals surface area contributed by atoms with Gasteiger partial charge in [-0.3, -0.25) is 4.79 Å². The van der Waals surface area contributed by atoms with Gasteiger partial charge in [-0.15, -0.1) is 0 Å². The molecule has 0 aliphatic rings. The summed E-state index contributed by atoms with van der Waals surface area (Å²) in [6.45, 7) is 0. The number of carbonyl (C=O) groups is 1. The minimum absolute atomic E-state index is 0.166. The number of fused-ring (bicyclic) bond motifs is 1. The predicted molar refractivity (Wildman–Crippen MR) is 44.6 cm³/mol. The number of hydrogen-bond donors (Lipinski definition) is 1. The molecule has 0 radical (unpaired) electrons. The van der Waals surface area contributed by atoms with Crippen molar-refractivity contribution in [2.75, 3.05) is 0 Å². The number of halogens is 2. The summed E-state index contributed by atoms with van der Waals surface area (Å²) in [4.78, 5) is 10.7. The zero-order chi connectivity index (χ0) is 10.3. The Bertz CT molecular complexity index is 519. The van der Waals surface area contributed by atoms with Gasteiger partial charge in [0.15, 0.2) is 17.2 Å². The molecular formula is C9H5F2NO2. The number of amides is 1. The van der Waals surface area contributed by atoms with Crippen molar-refractivity contribution in [1.29, 1.82) is 0 Å². The average Bonchev–Trinajstić information content (AvgIpc) is 2.47. The largest absolute Gasteiger partial charge is 0.448 e. The average molecular weight is 197 g/mol. The first-order valence-corrected chi connectivity index (χ1v) is 3.76. The van der Waals surface area contributed by atoms with Crippen LogP contribution in [0.1, 0.15) is 10.6 Å². The van der Waals surface area contributed by atoms with Crippen LogP contribution in [0.5, 0.6) is 0 Å². The summed E-state index contributed by atoms with van der Waals surface area (Å²) >= 11 is 0. The maximum Gasteiger partial charge on any atom is 0.284 e. The monoisotopic (exact) mass is 197 g/mol. The number of furan rings is 1. The van der Waals surface area contributed by atoms with Crippen LogP contribution in [-0.4, -0.2) is 5.91 Å². The maximum atomic E-state index is 13.0. The van der Waals surface area contributed by atoms with Gasteiger partial charge in [0.05, 0.1) is 0 Å². The van der Waals surface area contributed by atoms with E-state index in [0.29, 0.717) is 6.07 Å². The smallest absolute Gasteiger partial charge is 0.284 e. The van der Waals surface area contributed by atoms with E-state index in [9.17, 15) is 13.6 Å². The van der Waals surface area contributed by atoms with E-state index in [4.69, 9.17) is 10.2 Å².